The van der Waals surface area contributed by atoms with Gasteiger partial charge in [0.15, 0.2) is 0 Å². The first-order chi connectivity index (χ1) is 6.20. The number of hydrogen-bond acceptors (Lipinski definition) is 1. The van der Waals surface area contributed by atoms with E-state index in [1.54, 1.807) is 6.07 Å². The monoisotopic (exact) mass is 278 g/mol. The Bertz CT molecular complexity index is 452. The quantitative estimate of drug-likeness (QED) is 0.670. The predicted molar refractivity (Wildman–Crippen MR) is 59.4 cm³/mol. The van der Waals surface area contributed by atoms with E-state index in [-0.39, 0.29) is 5.82 Å². The fraction of sp³-hybridized carbons (Fsp3) is 0.111. The second-order valence-electron chi connectivity index (χ2n) is 2.67. The van der Waals surface area contributed by atoms with Crippen LogP contribution in [-0.2, 0) is 5.33 Å². The van der Waals surface area contributed by atoms with Crippen LogP contribution >= 0.6 is 38.9 Å². The van der Waals surface area contributed by atoms with Crippen molar-refractivity contribution in [1.29, 1.82) is 0 Å². The van der Waals surface area contributed by atoms with E-state index < -0.39 is 0 Å². The summed E-state index contributed by atoms with van der Waals surface area (Å²) in [7, 11) is 0. The molecule has 1 aromatic carbocycles. The molecule has 0 amide bonds. The van der Waals surface area contributed by atoms with Gasteiger partial charge in [-0.1, -0.05) is 27.5 Å². The van der Waals surface area contributed by atoms with Gasteiger partial charge >= 0.3 is 0 Å². The van der Waals surface area contributed by atoms with Crippen molar-refractivity contribution < 1.29 is 4.39 Å². The lowest BCUT2D eigenvalue weighted by atomic mass is 10.2. The van der Waals surface area contributed by atoms with Gasteiger partial charge in [-0.05, 0) is 23.8 Å². The third-order valence-corrected chi connectivity index (χ3v) is 3.63. The number of alkyl halides is 1. The second kappa shape index (κ2) is 3.56. The van der Waals surface area contributed by atoms with E-state index in [4.69, 9.17) is 11.6 Å². The maximum absolute atomic E-state index is 13.4. The highest BCUT2D eigenvalue weighted by molar-refractivity contribution is 9.08. The van der Waals surface area contributed by atoms with Gasteiger partial charge in [-0.25, -0.2) is 4.39 Å². The standard InChI is InChI=1S/C9H5BrClFS/c10-4-5-1-7(12)6-3-9(11)13-8(6)2-5/h1-3H,4H2. The average Bonchev–Trinajstić information content (AvgIpc) is 2.46. The normalized spacial score (nSPS) is 11.0. The molecule has 1 heterocycles. The summed E-state index contributed by atoms with van der Waals surface area (Å²) in [6.07, 6.45) is 0. The first-order valence-electron chi connectivity index (χ1n) is 3.64. The molecule has 0 fully saturated rings. The molecule has 0 bridgehead atoms. The summed E-state index contributed by atoms with van der Waals surface area (Å²) in [6, 6.07) is 5.14. The zero-order valence-electron chi connectivity index (χ0n) is 6.48. The molecule has 0 spiro atoms. The van der Waals surface area contributed by atoms with Crippen molar-refractivity contribution in [3.63, 3.8) is 0 Å². The fourth-order valence-electron chi connectivity index (χ4n) is 1.20. The van der Waals surface area contributed by atoms with Crippen molar-refractivity contribution in [3.05, 3.63) is 33.9 Å². The largest absolute Gasteiger partial charge is 0.206 e. The molecule has 0 saturated carbocycles. The molecule has 68 valence electrons. The molecule has 0 atom stereocenters. The number of rotatable bonds is 1. The predicted octanol–water partition coefficient (Wildman–Crippen LogP) is 4.59. The highest BCUT2D eigenvalue weighted by Crippen LogP contribution is 2.32. The Morgan fingerprint density at radius 3 is 2.85 bits per heavy atom. The highest BCUT2D eigenvalue weighted by Gasteiger charge is 2.06. The van der Waals surface area contributed by atoms with Crippen LogP contribution in [0.5, 0.6) is 0 Å². The first kappa shape index (κ1) is 9.44. The molecule has 1 aromatic heterocycles. The zero-order valence-corrected chi connectivity index (χ0v) is 9.64. The summed E-state index contributed by atoms with van der Waals surface area (Å²) in [4.78, 5) is 0. The third kappa shape index (κ3) is 1.73. The van der Waals surface area contributed by atoms with Crippen LogP contribution in [0.2, 0.25) is 4.34 Å². The Kier molecular flexibility index (Phi) is 2.58. The van der Waals surface area contributed by atoms with Crippen LogP contribution in [0.25, 0.3) is 10.1 Å². The molecule has 0 aliphatic carbocycles. The minimum atomic E-state index is -0.199. The fourth-order valence-corrected chi connectivity index (χ4v) is 2.74. The summed E-state index contributed by atoms with van der Waals surface area (Å²) >= 11 is 10.5. The highest BCUT2D eigenvalue weighted by atomic mass is 79.9. The van der Waals surface area contributed by atoms with E-state index in [2.05, 4.69) is 15.9 Å². The van der Waals surface area contributed by atoms with Crippen molar-refractivity contribution in [2.24, 2.45) is 0 Å². The van der Waals surface area contributed by atoms with Gasteiger partial charge in [0.2, 0.25) is 0 Å². The Morgan fingerprint density at radius 1 is 1.38 bits per heavy atom. The van der Waals surface area contributed by atoms with E-state index in [1.165, 1.54) is 17.4 Å². The van der Waals surface area contributed by atoms with E-state index in [9.17, 15) is 4.39 Å². The number of hydrogen-bond donors (Lipinski definition) is 0. The molecule has 0 nitrogen and oxygen atoms in total. The smallest absolute Gasteiger partial charge is 0.132 e. The summed E-state index contributed by atoms with van der Waals surface area (Å²) < 4.78 is 14.9. The molecular formula is C9H5BrClFS. The van der Waals surface area contributed by atoms with Crippen molar-refractivity contribution >= 4 is 49.0 Å². The lowest BCUT2D eigenvalue weighted by Crippen LogP contribution is -1.80. The van der Waals surface area contributed by atoms with Gasteiger partial charge in [0.1, 0.15) is 5.82 Å². The van der Waals surface area contributed by atoms with Gasteiger partial charge in [-0.2, -0.15) is 0 Å². The van der Waals surface area contributed by atoms with Crippen LogP contribution in [0, 0.1) is 5.82 Å². The number of halogens is 3. The lowest BCUT2D eigenvalue weighted by molar-refractivity contribution is 0.639. The van der Waals surface area contributed by atoms with E-state index in [0.717, 1.165) is 10.3 Å². The Hall–Kier alpha value is -0.120. The molecule has 2 rings (SSSR count). The molecule has 13 heavy (non-hydrogen) atoms. The molecular weight excluding hydrogens is 275 g/mol. The molecule has 0 aliphatic heterocycles. The van der Waals surface area contributed by atoms with Gasteiger partial charge in [-0.3, -0.25) is 0 Å². The van der Waals surface area contributed by atoms with Crippen LogP contribution in [0.4, 0.5) is 4.39 Å². The van der Waals surface area contributed by atoms with Crippen molar-refractivity contribution in [1.82, 2.24) is 0 Å². The van der Waals surface area contributed by atoms with Gasteiger partial charge < -0.3 is 0 Å². The molecule has 4 heteroatoms. The first-order valence-corrected chi connectivity index (χ1v) is 5.96. The topological polar surface area (TPSA) is 0 Å². The van der Waals surface area contributed by atoms with Crippen LogP contribution in [0.15, 0.2) is 18.2 Å². The van der Waals surface area contributed by atoms with E-state index >= 15 is 0 Å². The number of benzene rings is 1. The molecule has 2 aromatic rings. The van der Waals surface area contributed by atoms with Crippen molar-refractivity contribution in [2.75, 3.05) is 0 Å². The summed E-state index contributed by atoms with van der Waals surface area (Å²) in [5.74, 6) is -0.199. The SMILES string of the molecule is Fc1cc(CBr)cc2sc(Cl)cc12. The maximum atomic E-state index is 13.4. The Balaban J connectivity index is 2.75. The summed E-state index contributed by atoms with van der Waals surface area (Å²) in [6.45, 7) is 0. The maximum Gasteiger partial charge on any atom is 0.132 e. The summed E-state index contributed by atoms with van der Waals surface area (Å²) in [5.41, 5.74) is 0.934. The Morgan fingerprint density at radius 2 is 2.15 bits per heavy atom. The van der Waals surface area contributed by atoms with Crippen LogP contribution in [-0.4, -0.2) is 0 Å². The van der Waals surface area contributed by atoms with Crippen LogP contribution in [0.3, 0.4) is 0 Å². The molecule has 0 radical (unpaired) electrons. The minimum absolute atomic E-state index is 0.199. The van der Waals surface area contributed by atoms with Gasteiger partial charge in [-0.15, -0.1) is 11.3 Å². The zero-order chi connectivity index (χ0) is 9.42. The van der Waals surface area contributed by atoms with Crippen molar-refractivity contribution in [2.45, 2.75) is 5.33 Å². The molecule has 0 aliphatic rings. The Labute approximate surface area is 92.5 Å². The van der Waals surface area contributed by atoms with E-state index in [0.29, 0.717) is 15.1 Å². The molecule has 0 N–H and O–H groups in total. The minimum Gasteiger partial charge on any atom is -0.206 e. The average molecular weight is 280 g/mol. The number of fused-ring (bicyclic) bond motifs is 1. The molecule has 0 unspecified atom stereocenters. The number of thiophene rings is 1. The van der Waals surface area contributed by atoms with Crippen LogP contribution in [0.1, 0.15) is 5.56 Å². The van der Waals surface area contributed by atoms with Gasteiger partial charge in [0, 0.05) is 15.4 Å². The van der Waals surface area contributed by atoms with Gasteiger partial charge in [0.05, 0.1) is 4.34 Å². The second-order valence-corrected chi connectivity index (χ2v) is 4.95. The summed E-state index contributed by atoms with van der Waals surface area (Å²) in [5, 5.41) is 1.27. The van der Waals surface area contributed by atoms with Crippen LogP contribution < -0.4 is 0 Å². The third-order valence-electron chi connectivity index (χ3n) is 1.77. The lowest BCUT2D eigenvalue weighted by Gasteiger charge is -1.96. The van der Waals surface area contributed by atoms with Gasteiger partial charge in [0.25, 0.3) is 0 Å². The van der Waals surface area contributed by atoms with E-state index in [1.807, 2.05) is 6.07 Å². The molecule has 0 saturated heterocycles. The van der Waals surface area contributed by atoms with Crippen molar-refractivity contribution in [3.8, 4) is 0 Å².